The van der Waals surface area contributed by atoms with Crippen LogP contribution in [0.2, 0.25) is 5.02 Å². The Morgan fingerprint density at radius 3 is 2.41 bits per heavy atom. The normalized spacial score (nSPS) is 34.3. The monoisotopic (exact) mass is 464 g/mol. The number of amides is 1. The second-order valence-corrected chi connectivity index (χ2v) is 9.02. The number of ketones is 3. The first kappa shape index (κ1) is 22.4. The molecule has 0 bridgehead atoms. The molecule has 1 aromatic rings. The van der Waals surface area contributed by atoms with E-state index in [1.165, 1.54) is 25.1 Å². The van der Waals surface area contributed by atoms with Crippen molar-refractivity contribution in [2.24, 2.45) is 23.5 Å². The predicted molar refractivity (Wildman–Crippen MR) is 109 cm³/mol. The lowest BCUT2D eigenvalue weighted by atomic mass is 9.54. The van der Waals surface area contributed by atoms with Crippen LogP contribution in [-0.4, -0.2) is 74.3 Å². The van der Waals surface area contributed by atoms with E-state index < -0.39 is 75.8 Å². The zero-order chi connectivity index (χ0) is 23.9. The number of benzene rings is 1. The number of nitrogens with two attached hydrogens (primary N) is 1. The van der Waals surface area contributed by atoms with Gasteiger partial charge in [0.05, 0.1) is 17.7 Å². The van der Waals surface area contributed by atoms with Crippen LogP contribution in [0.4, 0.5) is 0 Å². The van der Waals surface area contributed by atoms with Crippen molar-refractivity contribution in [1.82, 2.24) is 4.90 Å². The molecule has 4 rings (SSSR count). The molecule has 1 aromatic carbocycles. The molecule has 0 saturated heterocycles. The number of hydrogen-bond acceptors (Lipinski definition) is 9. The number of nitrogens with zero attached hydrogens (tertiary/aromatic N) is 1. The zero-order valence-electron chi connectivity index (χ0n) is 17.1. The van der Waals surface area contributed by atoms with Crippen LogP contribution in [0, 0.1) is 17.8 Å². The Bertz CT molecular complexity index is 1130. The van der Waals surface area contributed by atoms with Gasteiger partial charge < -0.3 is 26.2 Å². The SMILES string of the molecule is CN(C)[C@@H]1C(=O)C(C(N)=O)C(=O)[C@@]2(O)C(=O)C3=C(O)c4c(O)ccc(Cl)c4[C@@H](O)[C@H]3C[C@@H]12. The molecule has 0 aromatic heterocycles. The number of hydrogen-bond donors (Lipinski definition) is 5. The molecule has 6 atom stereocenters. The van der Waals surface area contributed by atoms with Gasteiger partial charge in [0, 0.05) is 28.0 Å². The number of fused-ring (bicyclic) bond motifs is 3. The van der Waals surface area contributed by atoms with Crippen molar-refractivity contribution in [3.05, 3.63) is 33.9 Å². The van der Waals surface area contributed by atoms with Gasteiger partial charge in [-0.05, 0) is 32.6 Å². The van der Waals surface area contributed by atoms with Gasteiger partial charge >= 0.3 is 0 Å². The molecule has 2 saturated carbocycles. The lowest BCUT2D eigenvalue weighted by molar-refractivity contribution is -0.177. The van der Waals surface area contributed by atoms with Crippen LogP contribution in [0.5, 0.6) is 5.75 Å². The highest BCUT2D eigenvalue weighted by Gasteiger charge is 2.68. The number of likely N-dealkylation sites (N-methyl/N-ethyl adjacent to an activating group) is 1. The minimum absolute atomic E-state index is 0.0129. The van der Waals surface area contributed by atoms with Crippen molar-refractivity contribution in [2.75, 3.05) is 14.1 Å². The molecular formula is C21H21ClN2O8. The van der Waals surface area contributed by atoms with Crippen LogP contribution < -0.4 is 5.73 Å². The third-order valence-corrected chi connectivity index (χ3v) is 7.11. The van der Waals surface area contributed by atoms with Gasteiger partial charge in [0.15, 0.2) is 23.1 Å². The third kappa shape index (κ3) is 2.64. The number of aliphatic hydroxyl groups excluding tert-OH is 2. The molecule has 0 radical (unpaired) electrons. The van der Waals surface area contributed by atoms with Gasteiger partial charge in [-0.1, -0.05) is 11.6 Å². The maximum atomic E-state index is 13.5. The van der Waals surface area contributed by atoms with Gasteiger partial charge in [-0.3, -0.25) is 24.1 Å². The van der Waals surface area contributed by atoms with E-state index in [9.17, 15) is 39.6 Å². The van der Waals surface area contributed by atoms with Gasteiger partial charge in [-0.2, -0.15) is 0 Å². The fourth-order valence-electron chi connectivity index (χ4n) is 5.38. The predicted octanol–water partition coefficient (Wildman–Crippen LogP) is -0.518. The summed E-state index contributed by atoms with van der Waals surface area (Å²) in [7, 11) is 2.96. The number of phenolic OH excluding ortho intramolecular Hbond substituents is 1. The molecule has 1 amide bonds. The largest absolute Gasteiger partial charge is 0.507 e. The van der Waals surface area contributed by atoms with Gasteiger partial charge in [-0.15, -0.1) is 0 Å². The lowest BCUT2D eigenvalue weighted by Gasteiger charge is -2.51. The van der Waals surface area contributed by atoms with Crippen molar-refractivity contribution >= 4 is 40.6 Å². The third-order valence-electron chi connectivity index (χ3n) is 6.78. The average molecular weight is 465 g/mol. The zero-order valence-corrected chi connectivity index (χ0v) is 17.8. The molecule has 0 aliphatic heterocycles. The number of primary amides is 1. The summed E-state index contributed by atoms with van der Waals surface area (Å²) in [6.45, 7) is 0. The van der Waals surface area contributed by atoms with Gasteiger partial charge in [0.25, 0.3) is 0 Å². The minimum Gasteiger partial charge on any atom is -0.507 e. The van der Waals surface area contributed by atoms with E-state index in [-0.39, 0.29) is 22.6 Å². The van der Waals surface area contributed by atoms with Crippen molar-refractivity contribution in [1.29, 1.82) is 0 Å². The molecule has 1 unspecified atom stereocenters. The molecule has 170 valence electrons. The van der Waals surface area contributed by atoms with Crippen molar-refractivity contribution in [3.8, 4) is 5.75 Å². The summed E-state index contributed by atoms with van der Waals surface area (Å²) in [5, 5.41) is 43.6. The molecule has 10 nitrogen and oxygen atoms in total. The average Bonchev–Trinajstić information content (AvgIpc) is 2.69. The standard InChI is InChI=1S/C21H21ClN2O8/c1-24(2)14-7-5-6-10(16(27)12-9(25)4-3-8(22)11(12)15(6)26)18(29)21(7,32)19(30)13(17(14)28)20(23)31/h3-4,6-7,13-15,25-27,32H,5H2,1-2H3,(H2,23,31)/t6-,7-,13?,14-,15-,21-/m0/s1. The highest BCUT2D eigenvalue weighted by molar-refractivity contribution is 6.33. The Morgan fingerprint density at radius 1 is 1.22 bits per heavy atom. The van der Waals surface area contributed by atoms with E-state index in [0.717, 1.165) is 6.07 Å². The highest BCUT2D eigenvalue weighted by Crippen LogP contribution is 2.55. The molecule has 3 aliphatic carbocycles. The summed E-state index contributed by atoms with van der Waals surface area (Å²) in [4.78, 5) is 52.9. The molecule has 32 heavy (non-hydrogen) atoms. The van der Waals surface area contributed by atoms with E-state index in [0.29, 0.717) is 0 Å². The molecular weight excluding hydrogens is 444 g/mol. The number of rotatable bonds is 2. The number of aliphatic hydroxyl groups is 3. The highest BCUT2D eigenvalue weighted by atomic mass is 35.5. The molecule has 3 aliphatic rings. The summed E-state index contributed by atoms with van der Waals surface area (Å²) in [6, 6.07) is 1.23. The first-order valence-corrected chi connectivity index (χ1v) is 10.2. The van der Waals surface area contributed by atoms with E-state index in [4.69, 9.17) is 17.3 Å². The Hall–Kier alpha value is -2.79. The van der Waals surface area contributed by atoms with Crippen LogP contribution in [0.15, 0.2) is 17.7 Å². The number of Topliss-reactive ketones (excluding diaryl/α,β-unsaturated/α-hetero) is 3. The number of halogens is 1. The number of aromatic hydroxyl groups is 1. The minimum atomic E-state index is -2.84. The maximum Gasteiger partial charge on any atom is 0.235 e. The maximum absolute atomic E-state index is 13.5. The first-order valence-electron chi connectivity index (χ1n) is 9.79. The van der Waals surface area contributed by atoms with Crippen molar-refractivity contribution < 1.29 is 39.6 Å². The summed E-state index contributed by atoms with van der Waals surface area (Å²) >= 11 is 6.18. The molecule has 0 spiro atoms. The Balaban J connectivity index is 1.98. The smallest absolute Gasteiger partial charge is 0.235 e. The quantitative estimate of drug-likeness (QED) is 0.360. The van der Waals surface area contributed by atoms with Crippen molar-refractivity contribution in [2.45, 2.75) is 24.2 Å². The van der Waals surface area contributed by atoms with Crippen LogP contribution in [0.1, 0.15) is 23.7 Å². The van der Waals surface area contributed by atoms with E-state index in [1.807, 2.05) is 0 Å². The van der Waals surface area contributed by atoms with Gasteiger partial charge in [0.2, 0.25) is 11.7 Å². The molecule has 11 heteroatoms. The molecule has 6 N–H and O–H groups in total. The fraction of sp³-hybridized carbons (Fsp3) is 0.429. The van der Waals surface area contributed by atoms with Gasteiger partial charge in [-0.25, -0.2) is 0 Å². The second kappa shape index (κ2) is 7.11. The summed E-state index contributed by atoms with van der Waals surface area (Å²) in [6.07, 6.45) is -1.74. The Kier molecular flexibility index (Phi) is 4.98. The van der Waals surface area contributed by atoms with Gasteiger partial charge in [0.1, 0.15) is 11.5 Å². The van der Waals surface area contributed by atoms with E-state index in [1.54, 1.807) is 0 Å². The van der Waals surface area contributed by atoms with Crippen LogP contribution >= 0.6 is 11.6 Å². The Morgan fingerprint density at radius 2 is 1.84 bits per heavy atom. The number of carbonyl (C=O) groups is 4. The summed E-state index contributed by atoms with van der Waals surface area (Å²) in [5.74, 6) is -10.5. The van der Waals surface area contributed by atoms with Crippen molar-refractivity contribution in [3.63, 3.8) is 0 Å². The first-order chi connectivity index (χ1) is 14.8. The second-order valence-electron chi connectivity index (χ2n) is 8.62. The number of phenols is 1. The van der Waals surface area contributed by atoms with Crippen LogP contribution in [0.3, 0.4) is 0 Å². The van der Waals surface area contributed by atoms with E-state index >= 15 is 0 Å². The van der Waals surface area contributed by atoms with Crippen LogP contribution in [-0.2, 0) is 19.2 Å². The van der Waals surface area contributed by atoms with Crippen LogP contribution in [0.25, 0.3) is 5.76 Å². The number of carbonyl (C=O) groups excluding carboxylic acids is 4. The Labute approximate surface area is 186 Å². The summed E-state index contributed by atoms with van der Waals surface area (Å²) in [5.41, 5.74) is 1.62. The fourth-order valence-corrected chi connectivity index (χ4v) is 5.65. The summed E-state index contributed by atoms with van der Waals surface area (Å²) < 4.78 is 0. The van der Waals surface area contributed by atoms with E-state index in [2.05, 4.69) is 0 Å². The topological polar surface area (TPSA) is 178 Å². The molecule has 2 fully saturated rings. The molecule has 0 heterocycles. The lowest BCUT2D eigenvalue weighted by Crippen LogP contribution is -2.72.